The molecule has 0 saturated heterocycles. The minimum Gasteiger partial charge on any atom is -0.461 e. The molecule has 0 N–H and O–H groups in total. The third kappa shape index (κ3) is 8.84. The van der Waals surface area contributed by atoms with Gasteiger partial charge < -0.3 is 18.8 Å². The molecule has 0 amide bonds. The van der Waals surface area contributed by atoms with Crippen LogP contribution >= 0.6 is 22.7 Å². The monoisotopic (exact) mass is 778 g/mol. The van der Waals surface area contributed by atoms with Gasteiger partial charge in [-0.3, -0.25) is 4.57 Å². The number of carbonyl (C=O) groups is 1. The lowest BCUT2D eigenvalue weighted by atomic mass is 9.97. The molecule has 4 aromatic rings. The average Bonchev–Trinajstić information content (AvgIpc) is 3.73. The third-order valence-corrected chi connectivity index (χ3v) is 18.4. The van der Waals surface area contributed by atoms with Crippen LogP contribution in [0, 0.1) is 0 Å². The number of thiazole rings is 2. The van der Waals surface area contributed by atoms with E-state index >= 15 is 0 Å². The molecule has 52 heavy (non-hydrogen) atoms. The summed E-state index contributed by atoms with van der Waals surface area (Å²) < 4.78 is 21.4. The molecule has 0 radical (unpaired) electrons. The Morgan fingerprint density at radius 2 is 1.87 bits per heavy atom. The van der Waals surface area contributed by atoms with Crippen LogP contribution in [-0.4, -0.2) is 68.5 Å². The van der Waals surface area contributed by atoms with Crippen molar-refractivity contribution in [3.8, 4) is 0 Å². The lowest BCUT2D eigenvalue weighted by Crippen LogP contribution is -2.40. The third-order valence-electron chi connectivity index (χ3n) is 10.1. The van der Waals surface area contributed by atoms with E-state index in [0.717, 1.165) is 70.6 Å². The van der Waals surface area contributed by atoms with Crippen molar-refractivity contribution >= 4 is 78.1 Å². The van der Waals surface area contributed by atoms with E-state index in [9.17, 15) is 4.79 Å². The fourth-order valence-corrected chi connectivity index (χ4v) is 9.63. The zero-order valence-electron chi connectivity index (χ0n) is 32.2. The number of esters is 1. The van der Waals surface area contributed by atoms with E-state index in [0.29, 0.717) is 35.9 Å². The molecule has 1 saturated carbocycles. The Morgan fingerprint density at radius 3 is 2.58 bits per heavy atom. The Hall–Kier alpha value is -3.02. The van der Waals surface area contributed by atoms with Gasteiger partial charge in [-0.1, -0.05) is 81.3 Å². The second kappa shape index (κ2) is 15.8. The van der Waals surface area contributed by atoms with Gasteiger partial charge in [0.05, 0.1) is 28.3 Å². The molecular weight excluding hydrogens is 725 g/mol. The minimum absolute atomic E-state index is 0.115. The largest absolute Gasteiger partial charge is 0.461 e. The maximum atomic E-state index is 13.1. The normalized spacial score (nSPS) is 15.9. The summed E-state index contributed by atoms with van der Waals surface area (Å²) in [6, 6.07) is 9.52. The van der Waals surface area contributed by atoms with Crippen LogP contribution in [0.3, 0.4) is 0 Å². The molecule has 3 aromatic heterocycles. The van der Waals surface area contributed by atoms with Crippen LogP contribution in [0.15, 0.2) is 35.3 Å². The molecular formula is C38H54N6O4S2Si2. The summed E-state index contributed by atoms with van der Waals surface area (Å²) in [6.07, 6.45) is 8.00. The highest BCUT2D eigenvalue weighted by Crippen LogP contribution is 2.49. The first kappa shape index (κ1) is 38.7. The van der Waals surface area contributed by atoms with Crippen molar-refractivity contribution in [3.05, 3.63) is 56.8 Å². The second-order valence-electron chi connectivity index (χ2n) is 16.4. The van der Waals surface area contributed by atoms with E-state index in [-0.39, 0.29) is 11.6 Å². The molecule has 280 valence electrons. The summed E-state index contributed by atoms with van der Waals surface area (Å²) in [7, 11) is -3.12. The Bertz CT molecular complexity index is 2000. The number of para-hydroxylation sites is 1. The van der Waals surface area contributed by atoms with Crippen molar-refractivity contribution in [2.75, 3.05) is 31.3 Å². The van der Waals surface area contributed by atoms with Gasteiger partial charge in [0.2, 0.25) is 0 Å². The zero-order chi connectivity index (χ0) is 37.3. The predicted octanol–water partition coefficient (Wildman–Crippen LogP) is 9.67. The molecule has 0 atom stereocenters. The molecule has 1 aliphatic heterocycles. The first-order valence-corrected chi connectivity index (χ1v) is 26.8. The van der Waals surface area contributed by atoms with Crippen molar-refractivity contribution in [3.63, 3.8) is 0 Å². The van der Waals surface area contributed by atoms with E-state index in [4.69, 9.17) is 34.1 Å². The van der Waals surface area contributed by atoms with Crippen LogP contribution < -0.4 is 9.70 Å². The molecule has 2 aliphatic rings. The Kier molecular flexibility index (Phi) is 11.7. The smallest absolute Gasteiger partial charge is 0.358 e. The van der Waals surface area contributed by atoms with Gasteiger partial charge >= 0.3 is 5.97 Å². The second-order valence-corrected chi connectivity index (χ2v) is 28.9. The highest BCUT2D eigenvalue weighted by molar-refractivity contribution is 7.17. The van der Waals surface area contributed by atoms with Gasteiger partial charge in [0.15, 0.2) is 35.6 Å². The standard InChI is InChI=1S/C38H54N6O4S2Si2/c1-10-47-35(45)32-30(18-14-22-48-52(8,9)38(2,3)4)50-36(39-32)43-21-13-15-27-31(26-19-20-26)33(41-42-34(27)43)40-37-44(25-46-23-24-51(5,6)7)28-16-11-12-17-29(28)49-37/h11-12,14,16-18,26H,10,13,15,19-25H2,1-9H3/b18-14+,40-37-. The van der Waals surface area contributed by atoms with Crippen LogP contribution in [0.5, 0.6) is 0 Å². The highest BCUT2D eigenvalue weighted by Gasteiger charge is 2.37. The van der Waals surface area contributed by atoms with Crippen molar-refractivity contribution in [2.24, 2.45) is 4.99 Å². The number of fused-ring (bicyclic) bond motifs is 2. The fraction of sp³-hybridized carbons (Fsp3) is 0.553. The summed E-state index contributed by atoms with van der Waals surface area (Å²) in [5, 5.41) is 10.5. The molecule has 4 heterocycles. The number of ether oxygens (including phenoxy) is 2. The Morgan fingerprint density at radius 1 is 1.10 bits per heavy atom. The van der Waals surface area contributed by atoms with Crippen LogP contribution in [0.2, 0.25) is 43.8 Å². The maximum absolute atomic E-state index is 13.1. The lowest BCUT2D eigenvalue weighted by molar-refractivity contribution is 0.0520. The molecule has 10 nitrogen and oxygen atoms in total. The summed E-state index contributed by atoms with van der Waals surface area (Å²) in [5.74, 6) is 1.49. The van der Waals surface area contributed by atoms with E-state index in [2.05, 4.69) is 87.2 Å². The van der Waals surface area contributed by atoms with Crippen LogP contribution in [0.25, 0.3) is 16.3 Å². The molecule has 0 bridgehead atoms. The van der Waals surface area contributed by atoms with Crippen LogP contribution in [0.4, 0.5) is 16.8 Å². The lowest BCUT2D eigenvalue weighted by Gasteiger charge is -2.35. The van der Waals surface area contributed by atoms with Gasteiger partial charge in [0.25, 0.3) is 0 Å². The molecule has 1 fully saturated rings. The van der Waals surface area contributed by atoms with Gasteiger partial charge in [0.1, 0.15) is 6.73 Å². The van der Waals surface area contributed by atoms with Crippen LogP contribution in [-0.2, 0) is 27.1 Å². The topological polar surface area (TPSA) is 104 Å². The molecule has 1 aromatic carbocycles. The van der Waals surface area contributed by atoms with Crippen LogP contribution in [0.1, 0.15) is 79.4 Å². The number of rotatable bonds is 14. The molecule has 1 aliphatic carbocycles. The first-order valence-electron chi connectivity index (χ1n) is 18.5. The Labute approximate surface area is 318 Å². The number of hydrogen-bond acceptors (Lipinski definition) is 11. The summed E-state index contributed by atoms with van der Waals surface area (Å²) in [5.41, 5.74) is 3.82. The molecule has 0 unspecified atom stereocenters. The van der Waals surface area contributed by atoms with Gasteiger partial charge in [0, 0.05) is 32.4 Å². The van der Waals surface area contributed by atoms with E-state index in [1.54, 1.807) is 11.3 Å². The van der Waals surface area contributed by atoms with Gasteiger partial charge in [-0.05, 0) is 80.9 Å². The quantitative estimate of drug-likeness (QED) is 0.0709. The van der Waals surface area contributed by atoms with Crippen molar-refractivity contribution in [2.45, 2.75) is 110 Å². The maximum Gasteiger partial charge on any atom is 0.358 e. The average molecular weight is 779 g/mol. The summed E-state index contributed by atoms with van der Waals surface area (Å²) in [6.45, 7) is 22.8. The minimum atomic E-state index is -1.91. The van der Waals surface area contributed by atoms with Crippen molar-refractivity contribution < 1.29 is 18.7 Å². The number of benzene rings is 1. The van der Waals surface area contributed by atoms with Crippen molar-refractivity contribution in [1.82, 2.24) is 19.7 Å². The van der Waals surface area contributed by atoms with E-state index < -0.39 is 22.4 Å². The van der Waals surface area contributed by atoms with Gasteiger partial charge in [-0.25, -0.2) is 9.78 Å². The zero-order valence-corrected chi connectivity index (χ0v) is 35.9. The SMILES string of the molecule is CCOC(=O)c1nc(N2CCCc3c2nnc(/N=c2\sc4ccccc4n2COCC[Si](C)(C)C)c3C2CC2)sc1/C=C/CO[Si](C)(C)C(C)(C)C. The Balaban J connectivity index is 1.34. The highest BCUT2D eigenvalue weighted by atomic mass is 32.1. The number of hydrogen-bond donors (Lipinski definition) is 0. The number of nitrogens with zero attached hydrogens (tertiary/aromatic N) is 6. The predicted molar refractivity (Wildman–Crippen MR) is 219 cm³/mol. The number of aromatic nitrogens is 4. The number of anilines is 2. The van der Waals surface area contributed by atoms with E-state index in [1.807, 2.05) is 19.1 Å². The summed E-state index contributed by atoms with van der Waals surface area (Å²) in [4.78, 5) is 27.0. The molecule has 6 rings (SSSR count). The summed E-state index contributed by atoms with van der Waals surface area (Å²) >= 11 is 3.14. The molecule has 0 spiro atoms. The molecule has 14 heteroatoms. The van der Waals surface area contributed by atoms with Gasteiger partial charge in [-0.15, -0.1) is 10.2 Å². The first-order chi connectivity index (χ1) is 24.7. The van der Waals surface area contributed by atoms with E-state index in [1.165, 1.54) is 22.5 Å². The van der Waals surface area contributed by atoms with Gasteiger partial charge in [-0.2, -0.15) is 4.99 Å². The number of carbonyl (C=O) groups excluding carboxylic acids is 1. The fourth-order valence-electron chi connectivity index (χ4n) is 5.90. The van der Waals surface area contributed by atoms with Crippen molar-refractivity contribution in [1.29, 1.82) is 0 Å².